The third-order valence-corrected chi connectivity index (χ3v) is 6.92. The van der Waals surface area contributed by atoms with Crippen LogP contribution in [0.2, 0.25) is 5.02 Å². The Balaban J connectivity index is 1.91. The normalized spacial score (nSPS) is 14.3. The first-order valence-corrected chi connectivity index (χ1v) is 12.5. The van der Waals surface area contributed by atoms with Crippen LogP contribution in [0.3, 0.4) is 0 Å². The van der Waals surface area contributed by atoms with Gasteiger partial charge in [0.1, 0.15) is 0 Å². The van der Waals surface area contributed by atoms with Crippen molar-refractivity contribution in [3.8, 4) is 11.5 Å². The van der Waals surface area contributed by atoms with Crippen LogP contribution in [-0.4, -0.2) is 72.4 Å². The molecule has 1 aliphatic heterocycles. The number of carbonyl (C=O) groups excluding carboxylic acids is 1. The van der Waals surface area contributed by atoms with Crippen LogP contribution in [0.25, 0.3) is 0 Å². The van der Waals surface area contributed by atoms with Gasteiger partial charge in [0, 0.05) is 49.5 Å². The van der Waals surface area contributed by atoms with Gasteiger partial charge in [0.2, 0.25) is 10.0 Å². The second-order valence-electron chi connectivity index (χ2n) is 7.41. The number of benzene rings is 2. The molecule has 0 radical (unpaired) electrons. The van der Waals surface area contributed by atoms with Crippen LogP contribution in [0, 0.1) is 0 Å². The molecule has 0 spiro atoms. The fourth-order valence-electron chi connectivity index (χ4n) is 3.84. The van der Waals surface area contributed by atoms with E-state index in [0.717, 1.165) is 11.9 Å². The van der Waals surface area contributed by atoms with E-state index in [1.165, 1.54) is 18.5 Å². The summed E-state index contributed by atoms with van der Waals surface area (Å²) in [4.78, 5) is 17.4. The number of ether oxygens (including phenoxy) is 2. The number of hydrogen-bond acceptors (Lipinski definition) is 6. The van der Waals surface area contributed by atoms with Gasteiger partial charge in [-0.15, -0.1) is 0 Å². The second-order valence-corrected chi connectivity index (χ2v) is 9.75. The molecule has 2 aromatic rings. The van der Waals surface area contributed by atoms with Crippen molar-refractivity contribution in [2.75, 3.05) is 62.4 Å². The van der Waals surface area contributed by atoms with E-state index in [1.54, 1.807) is 24.0 Å². The summed E-state index contributed by atoms with van der Waals surface area (Å²) in [5, 5.41) is 0.663. The number of amides is 1. The maximum atomic E-state index is 13.5. The summed E-state index contributed by atoms with van der Waals surface area (Å²) >= 11 is 6.11. The number of nitrogens with zero attached hydrogens (tertiary/aromatic N) is 3. The minimum absolute atomic E-state index is 0.178. The molecule has 1 fully saturated rings. The lowest BCUT2D eigenvalue weighted by molar-refractivity contribution is 0.0747. The van der Waals surface area contributed by atoms with E-state index in [1.807, 2.05) is 24.3 Å². The minimum atomic E-state index is -3.60. The molecular weight excluding hydrogens is 454 g/mol. The predicted molar refractivity (Wildman–Crippen MR) is 127 cm³/mol. The quantitative estimate of drug-likeness (QED) is 0.604. The van der Waals surface area contributed by atoms with Crippen molar-refractivity contribution in [3.05, 3.63) is 47.0 Å². The van der Waals surface area contributed by atoms with Crippen molar-refractivity contribution in [2.45, 2.75) is 6.92 Å². The number of halogens is 1. The molecule has 174 valence electrons. The van der Waals surface area contributed by atoms with Crippen LogP contribution < -0.4 is 18.7 Å². The lowest BCUT2D eigenvalue weighted by Crippen LogP contribution is -2.49. The fraction of sp³-hybridized carbons (Fsp3) is 0.409. The van der Waals surface area contributed by atoms with E-state index in [-0.39, 0.29) is 23.7 Å². The van der Waals surface area contributed by atoms with Gasteiger partial charge in [0.15, 0.2) is 11.5 Å². The van der Waals surface area contributed by atoms with Crippen molar-refractivity contribution in [3.63, 3.8) is 0 Å². The molecule has 1 amide bonds. The first-order chi connectivity index (χ1) is 15.2. The Kier molecular flexibility index (Phi) is 7.40. The molecule has 1 saturated heterocycles. The Morgan fingerprint density at radius 2 is 1.69 bits per heavy atom. The molecule has 0 saturated carbocycles. The Hall–Kier alpha value is -2.65. The highest BCUT2D eigenvalue weighted by atomic mass is 35.5. The molecule has 2 aromatic carbocycles. The summed E-state index contributed by atoms with van der Waals surface area (Å²) in [7, 11) is -0.660. The number of anilines is 2. The second kappa shape index (κ2) is 9.87. The topological polar surface area (TPSA) is 79.4 Å². The molecule has 0 aromatic heterocycles. The van der Waals surface area contributed by atoms with Gasteiger partial charge in [-0.3, -0.25) is 9.10 Å². The van der Waals surface area contributed by atoms with Crippen molar-refractivity contribution in [1.82, 2.24) is 4.90 Å². The maximum absolute atomic E-state index is 13.5. The van der Waals surface area contributed by atoms with E-state index in [4.69, 9.17) is 21.1 Å². The van der Waals surface area contributed by atoms with Crippen molar-refractivity contribution in [1.29, 1.82) is 0 Å². The van der Waals surface area contributed by atoms with Gasteiger partial charge in [-0.2, -0.15) is 0 Å². The number of sulfonamides is 1. The molecule has 1 aliphatic rings. The molecule has 0 N–H and O–H groups in total. The monoisotopic (exact) mass is 481 g/mol. The van der Waals surface area contributed by atoms with Crippen LogP contribution in [0.5, 0.6) is 11.5 Å². The van der Waals surface area contributed by atoms with E-state index in [2.05, 4.69) is 4.90 Å². The summed E-state index contributed by atoms with van der Waals surface area (Å²) in [5.41, 5.74) is 1.53. The molecule has 0 aliphatic carbocycles. The third kappa shape index (κ3) is 5.05. The van der Waals surface area contributed by atoms with Crippen LogP contribution in [0.1, 0.15) is 17.3 Å². The molecular formula is C22H28ClN3O5S. The number of methoxy groups -OCH3 is 2. The summed E-state index contributed by atoms with van der Waals surface area (Å²) in [6.07, 6.45) is 1.12. The van der Waals surface area contributed by atoms with Gasteiger partial charge in [-0.1, -0.05) is 17.7 Å². The van der Waals surface area contributed by atoms with Gasteiger partial charge < -0.3 is 19.3 Å². The number of rotatable bonds is 7. The molecule has 0 bridgehead atoms. The summed E-state index contributed by atoms with van der Waals surface area (Å²) in [6.45, 7) is 4.15. The van der Waals surface area contributed by atoms with Gasteiger partial charge in [0.05, 0.1) is 31.7 Å². The van der Waals surface area contributed by atoms with Gasteiger partial charge in [0.25, 0.3) is 5.91 Å². The SMILES string of the molecule is CCN(c1cc(OC)c(OC)cc1C(=O)N1CCN(c2cccc(Cl)c2)CC1)S(C)(=O)=O. The van der Waals surface area contributed by atoms with Gasteiger partial charge in [-0.25, -0.2) is 8.42 Å². The van der Waals surface area contributed by atoms with Crippen molar-refractivity contribution < 1.29 is 22.7 Å². The van der Waals surface area contributed by atoms with E-state index in [0.29, 0.717) is 42.7 Å². The van der Waals surface area contributed by atoms with Gasteiger partial charge in [-0.05, 0) is 31.2 Å². The largest absolute Gasteiger partial charge is 0.493 e. The molecule has 8 nitrogen and oxygen atoms in total. The molecule has 10 heteroatoms. The van der Waals surface area contributed by atoms with Crippen LogP contribution in [0.4, 0.5) is 11.4 Å². The number of hydrogen-bond donors (Lipinski definition) is 0. The molecule has 32 heavy (non-hydrogen) atoms. The highest BCUT2D eigenvalue weighted by Gasteiger charge is 2.29. The molecule has 0 atom stereocenters. The third-order valence-electron chi connectivity index (χ3n) is 5.43. The first-order valence-electron chi connectivity index (χ1n) is 10.2. The Labute approximate surface area is 194 Å². The standard InChI is InChI=1S/C22H28ClN3O5S/c1-5-26(32(4,28)29)19-15-21(31-3)20(30-2)14-18(19)22(27)25-11-9-24(10-12-25)17-8-6-7-16(23)13-17/h6-8,13-15H,5,9-12H2,1-4H3. The lowest BCUT2D eigenvalue weighted by atomic mass is 10.1. The molecule has 0 unspecified atom stereocenters. The highest BCUT2D eigenvalue weighted by molar-refractivity contribution is 7.92. The Bertz CT molecular complexity index is 1080. The van der Waals surface area contributed by atoms with E-state index in [9.17, 15) is 13.2 Å². The summed E-state index contributed by atoms with van der Waals surface area (Å²) < 4.78 is 36.7. The smallest absolute Gasteiger partial charge is 0.256 e. The van der Waals surface area contributed by atoms with E-state index >= 15 is 0 Å². The van der Waals surface area contributed by atoms with Crippen molar-refractivity contribution >= 4 is 38.9 Å². The molecule has 1 heterocycles. The van der Waals surface area contributed by atoms with Gasteiger partial charge >= 0.3 is 0 Å². The summed E-state index contributed by atoms with van der Waals surface area (Å²) in [5.74, 6) is 0.461. The van der Waals surface area contributed by atoms with Crippen LogP contribution >= 0.6 is 11.6 Å². The fourth-order valence-corrected chi connectivity index (χ4v) is 5.00. The zero-order valence-corrected chi connectivity index (χ0v) is 20.2. The average molecular weight is 482 g/mol. The Morgan fingerprint density at radius 3 is 2.22 bits per heavy atom. The maximum Gasteiger partial charge on any atom is 0.256 e. The number of carbonyl (C=O) groups is 1. The molecule has 3 rings (SSSR count). The number of piperazine rings is 1. The zero-order valence-electron chi connectivity index (χ0n) is 18.7. The average Bonchev–Trinajstić information content (AvgIpc) is 2.78. The Morgan fingerprint density at radius 1 is 1.06 bits per heavy atom. The van der Waals surface area contributed by atoms with Crippen LogP contribution in [0.15, 0.2) is 36.4 Å². The zero-order chi connectivity index (χ0) is 23.5. The summed E-state index contributed by atoms with van der Waals surface area (Å²) in [6, 6.07) is 10.7. The minimum Gasteiger partial charge on any atom is -0.493 e. The highest BCUT2D eigenvalue weighted by Crippen LogP contribution is 2.37. The van der Waals surface area contributed by atoms with Crippen LogP contribution in [-0.2, 0) is 10.0 Å². The van der Waals surface area contributed by atoms with Crippen molar-refractivity contribution in [2.24, 2.45) is 0 Å². The lowest BCUT2D eigenvalue weighted by Gasteiger charge is -2.37. The van der Waals surface area contributed by atoms with E-state index < -0.39 is 10.0 Å². The first kappa shape index (κ1) is 24.0. The predicted octanol–water partition coefficient (Wildman–Crippen LogP) is 3.11.